The highest BCUT2D eigenvalue weighted by molar-refractivity contribution is 5.94. The van der Waals surface area contributed by atoms with Crippen molar-refractivity contribution in [1.29, 1.82) is 0 Å². The van der Waals surface area contributed by atoms with Crippen LogP contribution in [0.25, 0.3) is 5.69 Å². The lowest BCUT2D eigenvalue weighted by Crippen LogP contribution is -2.24. The lowest BCUT2D eigenvalue weighted by Gasteiger charge is -2.24. The third-order valence-electron chi connectivity index (χ3n) is 4.72. The number of aromatic nitrogens is 2. The standard InChI is InChI=1S/C20H19N3O2/c1-2-13-5-3-4-6-18(13)23-20-17(12-21-23)16(11-19(25)22-20)14-7-9-15(24)10-8-14/h3-10,12,16,24H,2,11H2,1H3,(H,22,25). The van der Waals surface area contributed by atoms with Gasteiger partial charge in [-0.05, 0) is 35.7 Å². The van der Waals surface area contributed by atoms with Crippen LogP contribution in [0.3, 0.4) is 0 Å². The van der Waals surface area contributed by atoms with E-state index < -0.39 is 0 Å². The lowest BCUT2D eigenvalue weighted by atomic mass is 9.87. The highest BCUT2D eigenvalue weighted by atomic mass is 16.3. The monoisotopic (exact) mass is 333 g/mol. The van der Waals surface area contributed by atoms with E-state index in [1.165, 1.54) is 5.56 Å². The van der Waals surface area contributed by atoms with Crippen molar-refractivity contribution < 1.29 is 9.90 Å². The van der Waals surface area contributed by atoms with Crippen LogP contribution in [0.2, 0.25) is 0 Å². The molecular weight excluding hydrogens is 314 g/mol. The van der Waals surface area contributed by atoms with Crippen molar-refractivity contribution in [3.05, 3.63) is 71.4 Å². The van der Waals surface area contributed by atoms with Crippen LogP contribution < -0.4 is 5.32 Å². The summed E-state index contributed by atoms with van der Waals surface area (Å²) in [5.41, 5.74) is 4.15. The molecule has 5 heteroatoms. The number of phenolic OH excluding ortho intramolecular Hbond substituents is 1. The second-order valence-corrected chi connectivity index (χ2v) is 6.24. The molecule has 4 rings (SSSR count). The Kier molecular flexibility index (Phi) is 3.76. The zero-order valence-corrected chi connectivity index (χ0v) is 13.9. The van der Waals surface area contributed by atoms with Crippen LogP contribution in [0.15, 0.2) is 54.7 Å². The summed E-state index contributed by atoms with van der Waals surface area (Å²) < 4.78 is 1.82. The minimum Gasteiger partial charge on any atom is -0.508 e. The van der Waals surface area contributed by atoms with Gasteiger partial charge in [0.15, 0.2) is 0 Å². The number of aromatic hydroxyl groups is 1. The number of para-hydroxylation sites is 1. The summed E-state index contributed by atoms with van der Waals surface area (Å²) in [6, 6.07) is 15.1. The summed E-state index contributed by atoms with van der Waals surface area (Å²) in [6.07, 6.45) is 3.10. The van der Waals surface area contributed by atoms with Gasteiger partial charge < -0.3 is 10.4 Å². The summed E-state index contributed by atoms with van der Waals surface area (Å²) >= 11 is 0. The van der Waals surface area contributed by atoms with Gasteiger partial charge in [0.05, 0.1) is 11.9 Å². The Morgan fingerprint density at radius 1 is 1.20 bits per heavy atom. The number of benzene rings is 2. The second-order valence-electron chi connectivity index (χ2n) is 6.24. The molecule has 1 unspecified atom stereocenters. The predicted molar refractivity (Wildman–Crippen MR) is 96.1 cm³/mol. The number of amides is 1. The number of carbonyl (C=O) groups is 1. The van der Waals surface area contributed by atoms with Crippen molar-refractivity contribution in [3.8, 4) is 11.4 Å². The Morgan fingerprint density at radius 2 is 1.96 bits per heavy atom. The highest BCUT2D eigenvalue weighted by Gasteiger charge is 2.30. The van der Waals surface area contributed by atoms with Gasteiger partial charge in [0, 0.05) is 17.9 Å². The summed E-state index contributed by atoms with van der Waals surface area (Å²) in [5.74, 6) is 0.861. The Bertz CT molecular complexity index is 928. The molecule has 0 spiro atoms. The fourth-order valence-electron chi connectivity index (χ4n) is 3.42. The van der Waals surface area contributed by atoms with Crippen molar-refractivity contribution in [1.82, 2.24) is 9.78 Å². The topological polar surface area (TPSA) is 67.2 Å². The first-order chi connectivity index (χ1) is 12.2. The maximum Gasteiger partial charge on any atom is 0.226 e. The minimum atomic E-state index is -0.0631. The van der Waals surface area contributed by atoms with Gasteiger partial charge in [0.1, 0.15) is 11.6 Å². The molecule has 3 aromatic rings. The smallest absolute Gasteiger partial charge is 0.226 e. The van der Waals surface area contributed by atoms with Crippen molar-refractivity contribution in [2.24, 2.45) is 0 Å². The molecule has 25 heavy (non-hydrogen) atoms. The van der Waals surface area contributed by atoms with Gasteiger partial charge >= 0.3 is 0 Å². The number of rotatable bonds is 3. The van der Waals surface area contributed by atoms with Crippen LogP contribution >= 0.6 is 0 Å². The summed E-state index contributed by atoms with van der Waals surface area (Å²) in [6.45, 7) is 2.10. The molecule has 1 aliphatic rings. The fraction of sp³-hybridized carbons (Fsp3) is 0.200. The molecule has 2 heterocycles. The summed E-state index contributed by atoms with van der Waals surface area (Å²) in [4.78, 5) is 12.3. The first-order valence-electron chi connectivity index (χ1n) is 8.42. The number of hydrogen-bond donors (Lipinski definition) is 2. The van der Waals surface area contributed by atoms with E-state index in [0.29, 0.717) is 6.42 Å². The van der Waals surface area contributed by atoms with Gasteiger partial charge in [-0.25, -0.2) is 4.68 Å². The van der Waals surface area contributed by atoms with E-state index in [1.54, 1.807) is 12.1 Å². The first-order valence-corrected chi connectivity index (χ1v) is 8.42. The van der Waals surface area contributed by atoms with E-state index >= 15 is 0 Å². The predicted octanol–water partition coefficient (Wildman–Crippen LogP) is 3.61. The van der Waals surface area contributed by atoms with Gasteiger partial charge in [-0.2, -0.15) is 5.10 Å². The molecule has 0 saturated carbocycles. The molecule has 0 aliphatic carbocycles. The normalized spacial score (nSPS) is 16.4. The Hall–Kier alpha value is -3.08. The van der Waals surface area contributed by atoms with E-state index in [0.717, 1.165) is 29.1 Å². The Morgan fingerprint density at radius 3 is 2.72 bits per heavy atom. The number of anilines is 1. The number of nitrogens with one attached hydrogen (secondary N) is 1. The largest absolute Gasteiger partial charge is 0.508 e. The van der Waals surface area contributed by atoms with E-state index in [4.69, 9.17) is 0 Å². The summed E-state index contributed by atoms with van der Waals surface area (Å²) in [7, 11) is 0. The number of phenols is 1. The zero-order chi connectivity index (χ0) is 17.4. The molecule has 126 valence electrons. The summed E-state index contributed by atoms with van der Waals surface area (Å²) in [5, 5.41) is 17.1. The molecule has 1 aromatic heterocycles. The van der Waals surface area contributed by atoms with Gasteiger partial charge in [-0.1, -0.05) is 37.3 Å². The van der Waals surface area contributed by atoms with Crippen LogP contribution in [0.1, 0.15) is 36.0 Å². The quantitative estimate of drug-likeness (QED) is 0.769. The van der Waals surface area contributed by atoms with Crippen molar-refractivity contribution in [2.75, 3.05) is 5.32 Å². The van der Waals surface area contributed by atoms with E-state index in [1.807, 2.05) is 41.2 Å². The van der Waals surface area contributed by atoms with Crippen LogP contribution in [-0.4, -0.2) is 20.8 Å². The van der Waals surface area contributed by atoms with E-state index in [9.17, 15) is 9.90 Å². The molecule has 1 aliphatic heterocycles. The van der Waals surface area contributed by atoms with E-state index in [-0.39, 0.29) is 17.6 Å². The van der Waals surface area contributed by atoms with Crippen LogP contribution in [0.4, 0.5) is 5.82 Å². The second kappa shape index (κ2) is 6.09. The minimum absolute atomic E-state index is 0.0266. The van der Waals surface area contributed by atoms with Crippen LogP contribution in [0.5, 0.6) is 5.75 Å². The molecule has 0 fully saturated rings. The third-order valence-corrected chi connectivity index (χ3v) is 4.72. The number of nitrogens with zero attached hydrogens (tertiary/aromatic N) is 2. The molecule has 0 saturated heterocycles. The molecular formula is C20H19N3O2. The fourth-order valence-corrected chi connectivity index (χ4v) is 3.42. The van der Waals surface area contributed by atoms with Gasteiger partial charge in [0.2, 0.25) is 5.91 Å². The van der Waals surface area contributed by atoms with E-state index in [2.05, 4.69) is 23.4 Å². The average Bonchev–Trinajstić information content (AvgIpc) is 3.05. The van der Waals surface area contributed by atoms with Crippen molar-refractivity contribution >= 4 is 11.7 Å². The van der Waals surface area contributed by atoms with Crippen molar-refractivity contribution in [2.45, 2.75) is 25.7 Å². The molecule has 0 bridgehead atoms. The first kappa shape index (κ1) is 15.4. The molecule has 1 atom stereocenters. The van der Waals surface area contributed by atoms with Gasteiger partial charge in [-0.15, -0.1) is 0 Å². The van der Waals surface area contributed by atoms with Gasteiger partial charge in [0.25, 0.3) is 0 Å². The Labute approximate surface area is 145 Å². The molecule has 0 radical (unpaired) electrons. The number of hydrogen-bond acceptors (Lipinski definition) is 3. The van der Waals surface area contributed by atoms with Crippen LogP contribution in [-0.2, 0) is 11.2 Å². The maximum atomic E-state index is 12.3. The number of carbonyl (C=O) groups excluding carboxylic acids is 1. The molecule has 2 aromatic carbocycles. The Balaban J connectivity index is 1.83. The molecule has 2 N–H and O–H groups in total. The SMILES string of the molecule is CCc1ccccc1-n1ncc2c1NC(=O)CC2c1ccc(O)cc1. The van der Waals surface area contributed by atoms with Gasteiger partial charge in [-0.3, -0.25) is 4.79 Å². The zero-order valence-electron chi connectivity index (χ0n) is 13.9. The third kappa shape index (κ3) is 2.67. The highest BCUT2D eigenvalue weighted by Crippen LogP contribution is 2.38. The molecule has 5 nitrogen and oxygen atoms in total. The van der Waals surface area contributed by atoms with Crippen molar-refractivity contribution in [3.63, 3.8) is 0 Å². The maximum absolute atomic E-state index is 12.3. The number of fused-ring (bicyclic) bond motifs is 1. The molecule has 1 amide bonds. The average molecular weight is 333 g/mol. The number of aryl methyl sites for hydroxylation is 1. The lowest BCUT2D eigenvalue weighted by molar-refractivity contribution is -0.116. The van der Waals surface area contributed by atoms with Crippen LogP contribution in [0, 0.1) is 0 Å².